The number of nitrogens with one attached hydrogen (secondary N) is 1. The topological polar surface area (TPSA) is 47.0 Å². The summed E-state index contributed by atoms with van der Waals surface area (Å²) in [6.45, 7) is 1.74. The lowest BCUT2D eigenvalue weighted by Crippen LogP contribution is -2.30. The number of hydrogen-bond donors (Lipinski definition) is 1. The van der Waals surface area contributed by atoms with Crippen molar-refractivity contribution in [1.29, 1.82) is 0 Å². The lowest BCUT2D eigenvalue weighted by molar-refractivity contribution is -0.0351. The molecule has 1 saturated carbocycles. The van der Waals surface area contributed by atoms with E-state index in [0.717, 1.165) is 18.8 Å². The first-order chi connectivity index (χ1) is 8.86. The molecule has 1 spiro atoms. The summed E-state index contributed by atoms with van der Waals surface area (Å²) in [5.41, 5.74) is 1.29. The van der Waals surface area contributed by atoms with E-state index < -0.39 is 0 Å². The summed E-state index contributed by atoms with van der Waals surface area (Å²) in [6.07, 6.45) is 11.5. The van der Waals surface area contributed by atoms with E-state index in [1.54, 1.807) is 12.5 Å². The number of hydrogen-bond acceptors (Lipinski definition) is 4. The van der Waals surface area contributed by atoms with Crippen LogP contribution in [0.2, 0.25) is 0 Å². The normalized spacial score (nSPS) is 25.9. The van der Waals surface area contributed by atoms with Crippen LogP contribution in [0.3, 0.4) is 0 Å². The van der Waals surface area contributed by atoms with Crippen LogP contribution >= 0.6 is 0 Å². The van der Waals surface area contributed by atoms with E-state index in [2.05, 4.69) is 15.3 Å². The van der Waals surface area contributed by atoms with Gasteiger partial charge in [0.2, 0.25) is 0 Å². The van der Waals surface area contributed by atoms with Crippen molar-refractivity contribution in [3.05, 3.63) is 24.3 Å². The van der Waals surface area contributed by atoms with Crippen LogP contribution in [0.15, 0.2) is 18.6 Å². The van der Waals surface area contributed by atoms with Crippen molar-refractivity contribution in [3.8, 4) is 0 Å². The highest BCUT2D eigenvalue weighted by Crippen LogP contribution is 2.43. The van der Waals surface area contributed by atoms with Crippen LogP contribution in [-0.4, -0.2) is 28.2 Å². The second-order valence-corrected chi connectivity index (χ2v) is 5.50. The molecule has 1 saturated heterocycles. The van der Waals surface area contributed by atoms with Crippen molar-refractivity contribution < 1.29 is 4.74 Å². The van der Waals surface area contributed by atoms with Crippen LogP contribution < -0.4 is 5.32 Å². The molecule has 1 aromatic heterocycles. The van der Waals surface area contributed by atoms with Crippen molar-refractivity contribution in [2.24, 2.45) is 0 Å². The fourth-order valence-electron chi connectivity index (χ4n) is 3.21. The number of aromatic nitrogens is 2. The molecule has 4 nitrogen and oxygen atoms in total. The Kier molecular flexibility index (Phi) is 3.57. The monoisotopic (exact) mass is 247 g/mol. The third-order valence-corrected chi connectivity index (χ3v) is 4.17. The van der Waals surface area contributed by atoms with Gasteiger partial charge in [-0.1, -0.05) is 12.8 Å². The zero-order valence-electron chi connectivity index (χ0n) is 10.8. The molecular formula is C14H21N3O. The number of rotatable bonds is 4. The van der Waals surface area contributed by atoms with Crippen LogP contribution in [0.4, 0.5) is 0 Å². The van der Waals surface area contributed by atoms with E-state index in [0.29, 0.717) is 6.10 Å². The van der Waals surface area contributed by atoms with Gasteiger partial charge in [-0.25, -0.2) is 9.97 Å². The molecule has 98 valence electrons. The van der Waals surface area contributed by atoms with E-state index in [9.17, 15) is 0 Å². The maximum absolute atomic E-state index is 6.25. The second-order valence-electron chi connectivity index (χ2n) is 5.50. The molecule has 18 heavy (non-hydrogen) atoms. The summed E-state index contributed by atoms with van der Waals surface area (Å²) in [5, 5.41) is 3.43. The maximum atomic E-state index is 6.25. The number of ether oxygens (including phenoxy) is 1. The summed E-state index contributed by atoms with van der Waals surface area (Å²) in [4.78, 5) is 8.11. The molecule has 0 radical (unpaired) electrons. The van der Waals surface area contributed by atoms with Gasteiger partial charge in [-0.2, -0.15) is 0 Å². The SMILES string of the molecule is c1cc(CNCC2CCC3(CCCC3)O2)ncn1. The first kappa shape index (κ1) is 12.1. The Bertz CT molecular complexity index is 376. The van der Waals surface area contributed by atoms with Gasteiger partial charge in [0.15, 0.2) is 0 Å². The second kappa shape index (κ2) is 5.33. The molecular weight excluding hydrogens is 226 g/mol. The molecule has 1 N–H and O–H groups in total. The van der Waals surface area contributed by atoms with E-state index in [1.807, 2.05) is 6.07 Å². The minimum absolute atomic E-state index is 0.251. The van der Waals surface area contributed by atoms with Crippen molar-refractivity contribution in [1.82, 2.24) is 15.3 Å². The van der Waals surface area contributed by atoms with Gasteiger partial charge in [0.25, 0.3) is 0 Å². The van der Waals surface area contributed by atoms with Gasteiger partial charge < -0.3 is 10.1 Å². The van der Waals surface area contributed by atoms with Crippen molar-refractivity contribution in [2.75, 3.05) is 6.54 Å². The molecule has 0 bridgehead atoms. The zero-order chi connectivity index (χ0) is 12.3. The average molecular weight is 247 g/mol. The lowest BCUT2D eigenvalue weighted by atomic mass is 9.98. The molecule has 2 fully saturated rings. The Balaban J connectivity index is 1.42. The standard InChI is InChI=1S/C14H21N3O/c1-2-6-14(5-1)7-3-13(18-14)10-16-9-12-4-8-15-11-17-12/h4,8,11,13,16H,1-3,5-7,9-10H2. The Hall–Kier alpha value is -1.00. The molecule has 2 heterocycles. The van der Waals surface area contributed by atoms with E-state index in [4.69, 9.17) is 4.74 Å². The molecule has 1 aliphatic heterocycles. The first-order valence-corrected chi connectivity index (χ1v) is 7.00. The van der Waals surface area contributed by atoms with Crippen molar-refractivity contribution in [2.45, 2.75) is 56.8 Å². The Morgan fingerprint density at radius 3 is 3.00 bits per heavy atom. The van der Waals surface area contributed by atoms with Gasteiger partial charge in [0.05, 0.1) is 17.4 Å². The van der Waals surface area contributed by atoms with Crippen LogP contribution in [0.1, 0.15) is 44.2 Å². The first-order valence-electron chi connectivity index (χ1n) is 7.00. The minimum Gasteiger partial charge on any atom is -0.370 e. The van der Waals surface area contributed by atoms with Crippen LogP contribution in [-0.2, 0) is 11.3 Å². The van der Waals surface area contributed by atoms with Crippen LogP contribution in [0.25, 0.3) is 0 Å². The third kappa shape index (κ3) is 2.70. The molecule has 3 rings (SSSR count). The Labute approximate surface area is 108 Å². The average Bonchev–Trinajstić information content (AvgIpc) is 3.02. The summed E-state index contributed by atoms with van der Waals surface area (Å²) in [7, 11) is 0. The minimum atomic E-state index is 0.251. The van der Waals surface area contributed by atoms with Crippen molar-refractivity contribution in [3.63, 3.8) is 0 Å². The summed E-state index contributed by atoms with van der Waals surface area (Å²) in [6, 6.07) is 1.95. The molecule has 1 atom stereocenters. The molecule has 0 amide bonds. The Morgan fingerprint density at radius 2 is 2.22 bits per heavy atom. The van der Waals surface area contributed by atoms with Crippen LogP contribution in [0, 0.1) is 0 Å². The van der Waals surface area contributed by atoms with Gasteiger partial charge >= 0.3 is 0 Å². The van der Waals surface area contributed by atoms with Crippen molar-refractivity contribution >= 4 is 0 Å². The lowest BCUT2D eigenvalue weighted by Gasteiger charge is -2.23. The van der Waals surface area contributed by atoms with E-state index >= 15 is 0 Å². The highest BCUT2D eigenvalue weighted by molar-refractivity contribution is 4.97. The highest BCUT2D eigenvalue weighted by atomic mass is 16.5. The third-order valence-electron chi connectivity index (χ3n) is 4.17. The maximum Gasteiger partial charge on any atom is 0.115 e. The quantitative estimate of drug-likeness (QED) is 0.884. The van der Waals surface area contributed by atoms with Gasteiger partial charge in [0.1, 0.15) is 6.33 Å². The van der Waals surface area contributed by atoms with Gasteiger partial charge in [-0.3, -0.25) is 0 Å². The zero-order valence-corrected chi connectivity index (χ0v) is 10.8. The number of nitrogens with zero attached hydrogens (tertiary/aromatic N) is 2. The fourth-order valence-corrected chi connectivity index (χ4v) is 3.21. The van der Waals surface area contributed by atoms with Gasteiger partial charge in [-0.15, -0.1) is 0 Å². The molecule has 2 aliphatic rings. The van der Waals surface area contributed by atoms with Gasteiger partial charge in [0, 0.05) is 19.3 Å². The summed E-state index contributed by atoms with van der Waals surface area (Å²) in [5.74, 6) is 0. The highest BCUT2D eigenvalue weighted by Gasteiger charge is 2.41. The molecule has 0 aromatic carbocycles. The van der Waals surface area contributed by atoms with Gasteiger partial charge in [-0.05, 0) is 31.7 Å². The molecule has 4 heteroatoms. The van der Waals surface area contributed by atoms with Crippen LogP contribution in [0.5, 0.6) is 0 Å². The predicted octanol–water partition coefficient (Wildman–Crippen LogP) is 2.06. The van der Waals surface area contributed by atoms with E-state index in [1.165, 1.54) is 38.5 Å². The summed E-state index contributed by atoms with van der Waals surface area (Å²) < 4.78 is 6.25. The Morgan fingerprint density at radius 1 is 1.33 bits per heavy atom. The molecule has 1 aliphatic carbocycles. The predicted molar refractivity (Wildman–Crippen MR) is 69.0 cm³/mol. The largest absolute Gasteiger partial charge is 0.370 e. The molecule has 1 unspecified atom stereocenters. The molecule has 1 aromatic rings. The fraction of sp³-hybridized carbons (Fsp3) is 0.714. The summed E-state index contributed by atoms with van der Waals surface area (Å²) >= 11 is 0. The smallest absolute Gasteiger partial charge is 0.115 e. The van der Waals surface area contributed by atoms with E-state index in [-0.39, 0.29) is 5.60 Å².